The number of esters is 1. The molecule has 0 amide bonds. The summed E-state index contributed by atoms with van der Waals surface area (Å²) in [7, 11) is 3.42. The van der Waals surface area contributed by atoms with E-state index in [0.29, 0.717) is 25.9 Å². The molecule has 0 spiro atoms. The van der Waals surface area contributed by atoms with Gasteiger partial charge in [-0.25, -0.2) is 15.0 Å². The first-order valence-electron chi connectivity index (χ1n) is 9.02. The third-order valence-corrected chi connectivity index (χ3v) is 5.08. The highest BCUT2D eigenvalue weighted by Crippen LogP contribution is 2.34. The van der Waals surface area contributed by atoms with Crippen LogP contribution in [0.3, 0.4) is 0 Å². The lowest BCUT2D eigenvalue weighted by atomic mass is 9.97. The Kier molecular flexibility index (Phi) is 6.01. The summed E-state index contributed by atoms with van der Waals surface area (Å²) in [4.78, 5) is 35.3. The molecule has 0 unspecified atom stereocenters. The van der Waals surface area contributed by atoms with Crippen LogP contribution in [0.5, 0.6) is 0 Å². The van der Waals surface area contributed by atoms with E-state index >= 15 is 0 Å². The molecule has 0 aliphatic carbocycles. The van der Waals surface area contributed by atoms with Crippen LogP contribution < -0.4 is 10.3 Å². The molecule has 0 bridgehead atoms. The summed E-state index contributed by atoms with van der Waals surface area (Å²) in [6, 6.07) is 0. The number of nitro groups is 1. The van der Waals surface area contributed by atoms with Crippen LogP contribution in [-0.4, -0.2) is 84.2 Å². The van der Waals surface area contributed by atoms with Crippen molar-refractivity contribution in [2.24, 2.45) is 5.92 Å². The zero-order chi connectivity index (χ0) is 19.4. The van der Waals surface area contributed by atoms with Crippen molar-refractivity contribution in [1.82, 2.24) is 19.9 Å². The number of carbonyl (C=O) groups is 1. The van der Waals surface area contributed by atoms with Gasteiger partial charge in [0.2, 0.25) is 11.6 Å². The summed E-state index contributed by atoms with van der Waals surface area (Å²) >= 11 is 0. The Morgan fingerprint density at radius 1 is 1.22 bits per heavy atom. The maximum atomic E-state index is 11.8. The summed E-state index contributed by atoms with van der Waals surface area (Å²) in [5.41, 5.74) is 2.95. The highest BCUT2D eigenvalue weighted by atomic mass is 16.6. The van der Waals surface area contributed by atoms with Gasteiger partial charge in [-0.15, -0.1) is 0 Å². The first-order valence-corrected chi connectivity index (χ1v) is 9.02. The summed E-state index contributed by atoms with van der Waals surface area (Å²) < 4.78 is 4.79. The predicted molar refractivity (Wildman–Crippen MR) is 98.3 cm³/mol. The second-order valence-corrected chi connectivity index (χ2v) is 6.84. The Bertz CT molecular complexity index is 685. The van der Waals surface area contributed by atoms with Crippen molar-refractivity contribution in [2.75, 3.05) is 63.8 Å². The molecule has 2 fully saturated rings. The molecule has 11 nitrogen and oxygen atoms in total. The summed E-state index contributed by atoms with van der Waals surface area (Å²) in [5, 5.41) is 13.7. The number of nitrogens with zero attached hydrogens (tertiary/aromatic N) is 6. The second-order valence-electron chi connectivity index (χ2n) is 6.84. The SMILES string of the molecule is COC(=O)C1CCN(c2ncnc(NN3CCN(C)CC3)c2[N+](=O)[O-])CC1. The van der Waals surface area contributed by atoms with E-state index in [1.807, 2.05) is 17.0 Å². The first kappa shape index (κ1) is 19.2. The minimum atomic E-state index is -0.444. The van der Waals surface area contributed by atoms with Crippen molar-refractivity contribution in [3.8, 4) is 0 Å². The van der Waals surface area contributed by atoms with Crippen molar-refractivity contribution >= 4 is 23.3 Å². The number of anilines is 2. The monoisotopic (exact) mass is 379 g/mol. The van der Waals surface area contributed by atoms with Crippen LogP contribution in [0.2, 0.25) is 0 Å². The van der Waals surface area contributed by atoms with Crippen molar-refractivity contribution in [1.29, 1.82) is 0 Å². The maximum absolute atomic E-state index is 11.8. The molecule has 0 atom stereocenters. The number of piperidine rings is 1. The van der Waals surface area contributed by atoms with Gasteiger partial charge in [0, 0.05) is 39.3 Å². The zero-order valence-electron chi connectivity index (χ0n) is 15.6. The number of methoxy groups -OCH3 is 1. The fourth-order valence-corrected chi connectivity index (χ4v) is 3.41. The lowest BCUT2D eigenvalue weighted by molar-refractivity contribution is -0.383. The number of hydrogen-bond donors (Lipinski definition) is 1. The molecule has 0 aromatic carbocycles. The van der Waals surface area contributed by atoms with E-state index < -0.39 is 4.92 Å². The van der Waals surface area contributed by atoms with Gasteiger partial charge >= 0.3 is 11.7 Å². The molecular weight excluding hydrogens is 354 g/mol. The third-order valence-electron chi connectivity index (χ3n) is 5.08. The van der Waals surface area contributed by atoms with Gasteiger partial charge in [0.05, 0.1) is 18.0 Å². The molecule has 1 aromatic rings. The lowest BCUT2D eigenvalue weighted by Gasteiger charge is -2.33. The molecule has 2 aliphatic heterocycles. The molecule has 2 saturated heterocycles. The fraction of sp³-hybridized carbons (Fsp3) is 0.688. The number of nitrogens with one attached hydrogen (secondary N) is 1. The highest BCUT2D eigenvalue weighted by molar-refractivity contribution is 5.74. The van der Waals surface area contributed by atoms with Crippen molar-refractivity contribution < 1.29 is 14.5 Å². The van der Waals surface area contributed by atoms with Gasteiger partial charge in [-0.3, -0.25) is 20.3 Å². The van der Waals surface area contributed by atoms with E-state index in [0.717, 1.165) is 26.2 Å². The fourth-order valence-electron chi connectivity index (χ4n) is 3.41. The van der Waals surface area contributed by atoms with Crippen molar-refractivity contribution in [2.45, 2.75) is 12.8 Å². The predicted octanol–water partition coefficient (Wildman–Crippen LogP) is 0.349. The van der Waals surface area contributed by atoms with Crippen LogP contribution in [0.25, 0.3) is 0 Å². The number of piperazine rings is 1. The van der Waals surface area contributed by atoms with Crippen molar-refractivity contribution in [3.05, 3.63) is 16.4 Å². The minimum Gasteiger partial charge on any atom is -0.469 e. The minimum absolute atomic E-state index is 0.132. The molecule has 3 heterocycles. The van der Waals surface area contributed by atoms with Crippen LogP contribution in [-0.2, 0) is 9.53 Å². The number of aromatic nitrogens is 2. The molecule has 3 rings (SSSR count). The van der Waals surface area contributed by atoms with Gasteiger partial charge in [0.1, 0.15) is 6.33 Å². The van der Waals surface area contributed by atoms with E-state index in [-0.39, 0.29) is 29.2 Å². The van der Waals surface area contributed by atoms with Crippen LogP contribution in [0.15, 0.2) is 6.33 Å². The van der Waals surface area contributed by atoms with Gasteiger partial charge in [-0.1, -0.05) is 0 Å². The number of rotatable bonds is 5. The smallest absolute Gasteiger partial charge is 0.354 e. The Labute approximate surface area is 157 Å². The van der Waals surface area contributed by atoms with Gasteiger partial charge in [0.15, 0.2) is 0 Å². The molecule has 148 valence electrons. The standard InChI is InChI=1S/C16H25N7O4/c1-20-7-9-22(10-8-20)19-14-13(23(25)26)15(18-11-17-14)21-5-3-12(4-6-21)16(24)27-2/h11-12H,3-10H2,1-2H3,(H,17,18,19). The highest BCUT2D eigenvalue weighted by Gasteiger charge is 2.32. The van der Waals surface area contributed by atoms with Crippen LogP contribution in [0, 0.1) is 16.0 Å². The van der Waals surface area contributed by atoms with E-state index in [4.69, 9.17) is 4.74 Å². The zero-order valence-corrected chi connectivity index (χ0v) is 15.6. The Morgan fingerprint density at radius 3 is 2.48 bits per heavy atom. The summed E-state index contributed by atoms with van der Waals surface area (Å²) in [6.45, 7) is 4.26. The van der Waals surface area contributed by atoms with Crippen LogP contribution in [0.1, 0.15) is 12.8 Å². The number of likely N-dealkylation sites (N-methyl/N-ethyl adjacent to an activating group) is 1. The van der Waals surface area contributed by atoms with E-state index in [1.54, 1.807) is 0 Å². The lowest BCUT2D eigenvalue weighted by Crippen LogP contribution is -2.47. The second kappa shape index (κ2) is 8.44. The molecule has 0 saturated carbocycles. The Morgan fingerprint density at radius 2 is 1.89 bits per heavy atom. The van der Waals surface area contributed by atoms with Crippen LogP contribution in [0.4, 0.5) is 17.3 Å². The molecule has 0 radical (unpaired) electrons. The average Bonchev–Trinajstić information content (AvgIpc) is 2.69. The summed E-state index contributed by atoms with van der Waals surface area (Å²) in [5.74, 6) is 0.0823. The van der Waals surface area contributed by atoms with Gasteiger partial charge < -0.3 is 14.5 Å². The normalized spacial score (nSPS) is 19.7. The third kappa shape index (κ3) is 4.42. The summed E-state index contributed by atoms with van der Waals surface area (Å²) in [6.07, 6.45) is 2.50. The molecular formula is C16H25N7O4. The van der Waals surface area contributed by atoms with E-state index in [9.17, 15) is 14.9 Å². The molecule has 27 heavy (non-hydrogen) atoms. The first-order chi connectivity index (χ1) is 13.0. The van der Waals surface area contributed by atoms with E-state index in [1.165, 1.54) is 13.4 Å². The van der Waals surface area contributed by atoms with E-state index in [2.05, 4.69) is 20.3 Å². The number of hydrazine groups is 1. The van der Waals surface area contributed by atoms with Gasteiger partial charge in [-0.2, -0.15) is 0 Å². The van der Waals surface area contributed by atoms with Gasteiger partial charge in [-0.05, 0) is 19.9 Å². The maximum Gasteiger partial charge on any atom is 0.354 e. The Hall–Kier alpha value is -2.53. The molecule has 1 aromatic heterocycles. The topological polar surface area (TPSA) is 117 Å². The quantitative estimate of drug-likeness (QED) is 0.436. The number of carbonyl (C=O) groups excluding carboxylic acids is 1. The Balaban J connectivity index is 1.76. The molecule has 11 heteroatoms. The van der Waals surface area contributed by atoms with Gasteiger partial charge in [0.25, 0.3) is 0 Å². The average molecular weight is 379 g/mol. The number of hydrogen-bond acceptors (Lipinski definition) is 10. The number of ether oxygens (including phenoxy) is 1. The van der Waals surface area contributed by atoms with Crippen LogP contribution >= 0.6 is 0 Å². The van der Waals surface area contributed by atoms with Crippen molar-refractivity contribution in [3.63, 3.8) is 0 Å². The molecule has 2 aliphatic rings. The largest absolute Gasteiger partial charge is 0.469 e. The molecule has 1 N–H and O–H groups in total.